The first-order valence-electron chi connectivity index (χ1n) is 5.98. The molecule has 1 aromatic carbocycles. The van der Waals surface area contributed by atoms with Gasteiger partial charge in [-0.25, -0.2) is 8.42 Å². The van der Waals surface area contributed by atoms with Crippen LogP contribution in [0.15, 0.2) is 29.2 Å². The van der Waals surface area contributed by atoms with Crippen LogP contribution in [0.25, 0.3) is 0 Å². The fourth-order valence-corrected chi connectivity index (χ4v) is 4.49. The van der Waals surface area contributed by atoms with Gasteiger partial charge in [-0.3, -0.25) is 4.55 Å². The van der Waals surface area contributed by atoms with E-state index in [1.807, 2.05) is 0 Å². The van der Waals surface area contributed by atoms with Gasteiger partial charge < -0.3 is 5.11 Å². The van der Waals surface area contributed by atoms with Crippen molar-refractivity contribution in [2.75, 3.05) is 13.1 Å². The van der Waals surface area contributed by atoms with E-state index in [-0.39, 0.29) is 10.5 Å². The van der Waals surface area contributed by atoms with Crippen LogP contribution in [0.1, 0.15) is 23.8 Å². The van der Waals surface area contributed by atoms with Gasteiger partial charge in [0.2, 0.25) is 15.5 Å². The minimum absolute atomic E-state index is 0.299. The average molecular weight is 321 g/mol. The predicted molar refractivity (Wildman–Crippen MR) is 70.9 cm³/mol. The second-order valence-electron chi connectivity index (χ2n) is 4.52. The van der Waals surface area contributed by atoms with Crippen LogP contribution in [-0.2, 0) is 20.1 Å². The van der Waals surface area contributed by atoms with E-state index in [0.29, 0.717) is 13.1 Å². The SMILES string of the molecule is O=S(=O)(O)C(O)c1ccccc1S(=O)(=O)N1CCCC1. The van der Waals surface area contributed by atoms with Gasteiger partial charge in [0.05, 0.1) is 4.90 Å². The first-order valence-corrected chi connectivity index (χ1v) is 8.92. The Labute approximate surface area is 117 Å². The summed E-state index contributed by atoms with van der Waals surface area (Å²) in [5, 5.41) is 9.62. The summed E-state index contributed by atoms with van der Waals surface area (Å²) in [6.45, 7) is 0.720. The average Bonchev–Trinajstić information content (AvgIpc) is 2.91. The van der Waals surface area contributed by atoms with Gasteiger partial charge in [-0.2, -0.15) is 12.7 Å². The van der Waals surface area contributed by atoms with E-state index in [1.165, 1.54) is 28.6 Å². The summed E-state index contributed by atoms with van der Waals surface area (Å²) >= 11 is 0. The minimum Gasteiger partial charge on any atom is -0.371 e. The standard InChI is InChI=1S/C11H15NO6S2/c13-11(20(16,17)18)9-5-1-2-6-10(9)19(14,15)12-7-3-4-8-12/h1-2,5-6,11,13H,3-4,7-8H2,(H,16,17,18). The predicted octanol–water partition coefficient (Wildman–Crippen LogP) is 0.350. The summed E-state index contributed by atoms with van der Waals surface area (Å²) < 4.78 is 57.1. The van der Waals surface area contributed by atoms with Crippen molar-refractivity contribution in [3.63, 3.8) is 0 Å². The first-order chi connectivity index (χ1) is 9.24. The largest absolute Gasteiger partial charge is 0.371 e. The van der Waals surface area contributed by atoms with Crippen LogP contribution in [-0.4, -0.2) is 43.9 Å². The lowest BCUT2D eigenvalue weighted by Crippen LogP contribution is -2.29. The van der Waals surface area contributed by atoms with Crippen molar-refractivity contribution in [2.45, 2.75) is 23.2 Å². The third-order valence-corrected chi connectivity index (χ3v) is 5.94. The Morgan fingerprint density at radius 3 is 2.15 bits per heavy atom. The number of aliphatic hydroxyl groups is 1. The molecule has 0 spiro atoms. The van der Waals surface area contributed by atoms with Gasteiger partial charge in [0.25, 0.3) is 10.1 Å². The van der Waals surface area contributed by atoms with Crippen molar-refractivity contribution in [3.8, 4) is 0 Å². The highest BCUT2D eigenvalue weighted by Crippen LogP contribution is 2.29. The molecule has 1 fully saturated rings. The molecule has 20 heavy (non-hydrogen) atoms. The fraction of sp³-hybridized carbons (Fsp3) is 0.455. The molecule has 0 saturated carbocycles. The molecule has 1 atom stereocenters. The van der Waals surface area contributed by atoms with Gasteiger partial charge in [0, 0.05) is 18.7 Å². The highest BCUT2D eigenvalue weighted by atomic mass is 32.2. The Kier molecular flexibility index (Phi) is 4.17. The second-order valence-corrected chi connectivity index (χ2v) is 7.90. The molecule has 112 valence electrons. The summed E-state index contributed by atoms with van der Waals surface area (Å²) in [6, 6.07) is 5.22. The van der Waals surface area contributed by atoms with E-state index < -0.39 is 25.6 Å². The van der Waals surface area contributed by atoms with E-state index in [0.717, 1.165) is 12.8 Å². The Balaban J connectivity index is 2.53. The number of hydrogen-bond acceptors (Lipinski definition) is 5. The third-order valence-electron chi connectivity index (χ3n) is 3.15. The van der Waals surface area contributed by atoms with Gasteiger partial charge in [-0.15, -0.1) is 0 Å². The van der Waals surface area contributed by atoms with Gasteiger partial charge >= 0.3 is 0 Å². The van der Waals surface area contributed by atoms with E-state index in [2.05, 4.69) is 0 Å². The topological polar surface area (TPSA) is 112 Å². The zero-order chi connectivity index (χ0) is 15.0. The fourth-order valence-electron chi connectivity index (χ4n) is 2.15. The molecule has 1 unspecified atom stereocenters. The maximum Gasteiger partial charge on any atom is 0.296 e. The maximum atomic E-state index is 12.4. The lowest BCUT2D eigenvalue weighted by atomic mass is 10.2. The number of aliphatic hydroxyl groups excluding tert-OH is 1. The lowest BCUT2D eigenvalue weighted by molar-refractivity contribution is 0.235. The summed E-state index contributed by atoms with van der Waals surface area (Å²) in [5.41, 5.74) is -2.63. The third kappa shape index (κ3) is 2.86. The van der Waals surface area contributed by atoms with Gasteiger partial charge in [0.1, 0.15) is 0 Å². The Hall–Kier alpha value is -1.00. The zero-order valence-corrected chi connectivity index (χ0v) is 12.1. The van der Waals surface area contributed by atoms with Crippen LogP contribution < -0.4 is 0 Å². The van der Waals surface area contributed by atoms with Crippen molar-refractivity contribution in [1.29, 1.82) is 0 Å². The highest BCUT2D eigenvalue weighted by Gasteiger charge is 2.33. The molecule has 2 N–H and O–H groups in total. The van der Waals surface area contributed by atoms with Crippen molar-refractivity contribution < 1.29 is 26.5 Å². The highest BCUT2D eigenvalue weighted by molar-refractivity contribution is 7.89. The summed E-state index contributed by atoms with van der Waals surface area (Å²) in [7, 11) is -8.67. The quantitative estimate of drug-likeness (QED) is 0.774. The van der Waals surface area contributed by atoms with Crippen LogP contribution >= 0.6 is 0 Å². The monoisotopic (exact) mass is 321 g/mol. The molecule has 1 aromatic rings. The lowest BCUT2D eigenvalue weighted by Gasteiger charge is -2.19. The van der Waals surface area contributed by atoms with Crippen LogP contribution in [0, 0.1) is 0 Å². The number of benzene rings is 1. The molecular weight excluding hydrogens is 306 g/mol. The number of sulfonamides is 1. The molecule has 2 rings (SSSR count). The van der Waals surface area contributed by atoms with E-state index in [4.69, 9.17) is 4.55 Å². The Morgan fingerprint density at radius 1 is 1.05 bits per heavy atom. The molecule has 9 heteroatoms. The van der Waals surface area contributed by atoms with Crippen LogP contribution in [0.3, 0.4) is 0 Å². The van der Waals surface area contributed by atoms with Crippen molar-refractivity contribution in [2.24, 2.45) is 0 Å². The number of nitrogens with zero attached hydrogens (tertiary/aromatic N) is 1. The van der Waals surface area contributed by atoms with Crippen LogP contribution in [0.4, 0.5) is 0 Å². The number of hydrogen-bond donors (Lipinski definition) is 2. The molecule has 0 radical (unpaired) electrons. The molecule has 0 amide bonds. The summed E-state index contributed by atoms with van der Waals surface area (Å²) in [6.07, 6.45) is 1.48. The molecule has 7 nitrogen and oxygen atoms in total. The van der Waals surface area contributed by atoms with Gasteiger partial charge in [0.15, 0.2) is 0 Å². The smallest absolute Gasteiger partial charge is 0.296 e. The summed E-state index contributed by atoms with van der Waals surface area (Å²) in [5.74, 6) is 0. The van der Waals surface area contributed by atoms with Crippen molar-refractivity contribution in [3.05, 3.63) is 29.8 Å². The van der Waals surface area contributed by atoms with Gasteiger partial charge in [-0.1, -0.05) is 18.2 Å². The van der Waals surface area contributed by atoms with E-state index in [9.17, 15) is 21.9 Å². The minimum atomic E-state index is -4.79. The van der Waals surface area contributed by atoms with E-state index in [1.54, 1.807) is 0 Å². The molecule has 1 aliphatic heterocycles. The van der Waals surface area contributed by atoms with Crippen molar-refractivity contribution >= 4 is 20.1 Å². The number of rotatable bonds is 4. The summed E-state index contributed by atoms with van der Waals surface area (Å²) in [4.78, 5) is -0.299. The van der Waals surface area contributed by atoms with Crippen LogP contribution in [0.2, 0.25) is 0 Å². The molecule has 0 aliphatic carbocycles. The van der Waals surface area contributed by atoms with Crippen molar-refractivity contribution in [1.82, 2.24) is 4.31 Å². The molecule has 0 bridgehead atoms. The molecule has 1 aliphatic rings. The maximum absolute atomic E-state index is 12.4. The molecule has 1 heterocycles. The Morgan fingerprint density at radius 2 is 1.60 bits per heavy atom. The molecular formula is C11H15NO6S2. The van der Waals surface area contributed by atoms with E-state index >= 15 is 0 Å². The second kappa shape index (κ2) is 5.41. The normalized spacial score (nSPS) is 19.1. The van der Waals surface area contributed by atoms with Gasteiger partial charge in [-0.05, 0) is 18.9 Å². The molecule has 1 saturated heterocycles. The molecule has 0 aromatic heterocycles. The van der Waals surface area contributed by atoms with Crippen LogP contribution in [0.5, 0.6) is 0 Å². The first kappa shape index (κ1) is 15.4. The zero-order valence-electron chi connectivity index (χ0n) is 10.5. The Bertz CT molecular complexity index is 691.